The van der Waals surface area contributed by atoms with Gasteiger partial charge < -0.3 is 9.47 Å². The monoisotopic (exact) mass is 584 g/mol. The second kappa shape index (κ2) is 8.52. The molecule has 39 heavy (non-hydrogen) atoms. The van der Waals surface area contributed by atoms with Gasteiger partial charge >= 0.3 is 35.5 Å². The lowest BCUT2D eigenvalue weighted by Crippen LogP contribution is -2.49. The first kappa shape index (κ1) is 28.5. The molecule has 0 bridgehead atoms. The Morgan fingerprint density at radius 2 is 0.718 bits per heavy atom. The molecule has 0 saturated heterocycles. The average molecular weight is 584 g/mol. The van der Waals surface area contributed by atoms with E-state index in [2.05, 4.69) is 9.47 Å². The van der Waals surface area contributed by atoms with Gasteiger partial charge in [0.25, 0.3) is 0 Å². The Labute approximate surface area is 208 Å². The van der Waals surface area contributed by atoms with Crippen molar-refractivity contribution in [3.8, 4) is 11.5 Å². The van der Waals surface area contributed by atoms with Gasteiger partial charge in [-0.3, -0.25) is 0 Å². The van der Waals surface area contributed by atoms with Crippen molar-refractivity contribution in [2.75, 3.05) is 0 Å². The Bertz CT molecular complexity index is 1240. The minimum absolute atomic E-state index is 0.0483. The molecule has 0 unspecified atom stereocenters. The van der Waals surface area contributed by atoms with Gasteiger partial charge in [0.05, 0.1) is 0 Å². The Balaban J connectivity index is 1.46. The lowest BCUT2D eigenvalue weighted by atomic mass is 10.0. The highest BCUT2D eigenvalue weighted by atomic mass is 19.4. The molecule has 0 fully saturated rings. The summed E-state index contributed by atoms with van der Waals surface area (Å²) in [5.74, 6) is -47.9. The predicted octanol–water partition coefficient (Wildman–Crippen LogP) is 8.24. The molecule has 2 aromatic rings. The van der Waals surface area contributed by atoms with E-state index in [1.54, 1.807) is 0 Å². The second-order valence-electron chi connectivity index (χ2n) is 8.40. The fraction of sp³-hybridized carbons (Fsp3) is 0.304. The molecule has 2 aromatic carbocycles. The molecule has 0 atom stereocenters. The van der Waals surface area contributed by atoms with E-state index < -0.39 is 70.2 Å². The third kappa shape index (κ3) is 3.92. The molecule has 4 rings (SSSR count). The summed E-state index contributed by atoms with van der Waals surface area (Å²) in [4.78, 5) is 0. The fourth-order valence-electron chi connectivity index (χ4n) is 3.56. The van der Waals surface area contributed by atoms with Gasteiger partial charge in [0.2, 0.25) is 23.2 Å². The van der Waals surface area contributed by atoms with Crippen LogP contribution in [0, 0.1) is 0 Å². The molecule has 0 radical (unpaired) electrons. The molecular formula is C23H10F14O2. The van der Waals surface area contributed by atoms with E-state index in [0.29, 0.717) is 11.1 Å². The number of benzene rings is 2. The van der Waals surface area contributed by atoms with Crippen molar-refractivity contribution < 1.29 is 70.9 Å². The van der Waals surface area contributed by atoms with E-state index >= 15 is 0 Å². The Kier molecular flexibility index (Phi) is 6.23. The van der Waals surface area contributed by atoms with Crippen LogP contribution in [0.2, 0.25) is 0 Å². The summed E-state index contributed by atoms with van der Waals surface area (Å²) in [6, 6.07) is 7.95. The maximum atomic E-state index is 13.7. The van der Waals surface area contributed by atoms with Crippen LogP contribution in [0.25, 0.3) is 0 Å². The molecular weight excluding hydrogens is 574 g/mol. The minimum Gasteiger partial charge on any atom is -0.452 e. The number of hydrogen-bond acceptors (Lipinski definition) is 2. The normalized spacial score (nSPS) is 23.7. The van der Waals surface area contributed by atoms with Gasteiger partial charge in [-0.2, -0.15) is 52.7 Å². The van der Waals surface area contributed by atoms with E-state index in [4.69, 9.17) is 0 Å². The van der Waals surface area contributed by atoms with Crippen LogP contribution in [0.15, 0.2) is 71.7 Å². The van der Waals surface area contributed by atoms with Gasteiger partial charge in [-0.1, -0.05) is 24.3 Å². The summed E-state index contributed by atoms with van der Waals surface area (Å²) >= 11 is 0. The Morgan fingerprint density at radius 1 is 0.436 bits per heavy atom. The predicted molar refractivity (Wildman–Crippen MR) is 103 cm³/mol. The first-order chi connectivity index (χ1) is 17.7. The summed E-state index contributed by atoms with van der Waals surface area (Å²) < 4.78 is 197. The highest BCUT2D eigenvalue weighted by Gasteiger charge is 2.83. The summed E-state index contributed by atoms with van der Waals surface area (Å²) in [5, 5.41) is 0. The van der Waals surface area contributed by atoms with Crippen LogP contribution in [0.3, 0.4) is 0 Å². The van der Waals surface area contributed by atoms with Crippen molar-refractivity contribution in [1.29, 1.82) is 0 Å². The molecule has 0 aromatic heterocycles. The van der Waals surface area contributed by atoms with Crippen LogP contribution in [0.4, 0.5) is 61.5 Å². The lowest BCUT2D eigenvalue weighted by molar-refractivity contribution is -0.272. The van der Waals surface area contributed by atoms with Gasteiger partial charge in [-0.25, -0.2) is 8.78 Å². The number of halogens is 14. The zero-order valence-corrected chi connectivity index (χ0v) is 18.4. The SMILES string of the molecule is FC1=C(Oc2ccc(Cc3ccc(OC4=C(F)C(F)(F)C(F)(F)C4(F)F)cc3)cc2)C(F)(F)C(F)(F)C1(F)F. The molecule has 2 aliphatic carbocycles. The standard InChI is InChI=1S/C23H10F14O2/c24-14-16(20(30,31)22(34,35)18(14,26)27)38-12-5-1-10(2-6-12)9-11-3-7-13(8-4-11)39-17-15(25)19(28,29)23(36,37)21(17,32)33/h1-8H,9H2. The van der Waals surface area contributed by atoms with Gasteiger partial charge in [0, 0.05) is 0 Å². The fourth-order valence-corrected chi connectivity index (χ4v) is 3.56. The molecule has 0 aliphatic heterocycles. The Hall–Kier alpha value is -3.46. The van der Waals surface area contributed by atoms with Crippen LogP contribution in [0.5, 0.6) is 11.5 Å². The molecule has 0 amide bonds. The zero-order chi connectivity index (χ0) is 29.4. The second-order valence-corrected chi connectivity index (χ2v) is 8.40. The number of hydrogen-bond donors (Lipinski definition) is 0. The molecule has 0 N–H and O–H groups in total. The molecule has 0 heterocycles. The maximum absolute atomic E-state index is 13.7. The van der Waals surface area contributed by atoms with Crippen LogP contribution in [-0.4, -0.2) is 35.5 Å². The topological polar surface area (TPSA) is 18.5 Å². The largest absolute Gasteiger partial charge is 0.452 e. The maximum Gasteiger partial charge on any atom is 0.386 e. The number of rotatable bonds is 6. The van der Waals surface area contributed by atoms with Crippen molar-refractivity contribution in [3.63, 3.8) is 0 Å². The average Bonchev–Trinajstić information content (AvgIpc) is 2.99. The van der Waals surface area contributed by atoms with Crippen molar-refractivity contribution in [1.82, 2.24) is 0 Å². The van der Waals surface area contributed by atoms with Crippen LogP contribution in [0.1, 0.15) is 11.1 Å². The van der Waals surface area contributed by atoms with Crippen LogP contribution >= 0.6 is 0 Å². The Morgan fingerprint density at radius 3 is 0.949 bits per heavy atom. The zero-order valence-electron chi connectivity index (χ0n) is 18.4. The molecule has 2 nitrogen and oxygen atoms in total. The number of allylic oxidation sites excluding steroid dienone is 4. The van der Waals surface area contributed by atoms with Gasteiger partial charge in [0.1, 0.15) is 11.5 Å². The van der Waals surface area contributed by atoms with E-state index in [9.17, 15) is 61.5 Å². The molecule has 0 spiro atoms. The first-order valence-electron chi connectivity index (χ1n) is 10.3. The van der Waals surface area contributed by atoms with Crippen LogP contribution < -0.4 is 9.47 Å². The highest BCUT2D eigenvalue weighted by Crippen LogP contribution is 2.60. The van der Waals surface area contributed by atoms with E-state index in [0.717, 1.165) is 48.5 Å². The van der Waals surface area contributed by atoms with Crippen molar-refractivity contribution in [2.24, 2.45) is 0 Å². The van der Waals surface area contributed by atoms with Crippen molar-refractivity contribution in [3.05, 3.63) is 82.8 Å². The summed E-state index contributed by atoms with van der Waals surface area (Å²) in [6.45, 7) is 0. The quantitative estimate of drug-likeness (QED) is 0.319. The third-order valence-electron chi connectivity index (χ3n) is 5.79. The van der Waals surface area contributed by atoms with Gasteiger partial charge in [0.15, 0.2) is 0 Å². The van der Waals surface area contributed by atoms with E-state index in [1.165, 1.54) is 0 Å². The molecule has 2 aliphatic rings. The number of alkyl halides is 12. The van der Waals surface area contributed by atoms with Gasteiger partial charge in [-0.15, -0.1) is 0 Å². The minimum atomic E-state index is -6.08. The summed E-state index contributed by atoms with van der Waals surface area (Å²) in [5.41, 5.74) is 0.629. The molecule has 212 valence electrons. The third-order valence-corrected chi connectivity index (χ3v) is 5.79. The number of ether oxygens (including phenoxy) is 2. The van der Waals surface area contributed by atoms with E-state index in [1.807, 2.05) is 0 Å². The van der Waals surface area contributed by atoms with Crippen LogP contribution in [-0.2, 0) is 6.42 Å². The van der Waals surface area contributed by atoms with Crippen molar-refractivity contribution in [2.45, 2.75) is 42.0 Å². The summed E-state index contributed by atoms with van der Waals surface area (Å²) in [6.07, 6.45) is -0.0483. The molecule has 16 heteroatoms. The molecule has 0 saturated carbocycles. The van der Waals surface area contributed by atoms with Crippen molar-refractivity contribution >= 4 is 0 Å². The summed E-state index contributed by atoms with van der Waals surface area (Å²) in [7, 11) is 0. The smallest absolute Gasteiger partial charge is 0.386 e. The first-order valence-corrected chi connectivity index (χ1v) is 10.3. The van der Waals surface area contributed by atoms with E-state index in [-0.39, 0.29) is 6.42 Å². The lowest BCUT2D eigenvalue weighted by Gasteiger charge is -2.24. The van der Waals surface area contributed by atoms with Gasteiger partial charge in [-0.05, 0) is 41.8 Å². The highest BCUT2D eigenvalue weighted by molar-refractivity contribution is 5.40.